The molecule has 2 aromatic rings. The predicted octanol–water partition coefficient (Wildman–Crippen LogP) is 3.08. The molecule has 1 aliphatic carbocycles. The van der Waals surface area contributed by atoms with E-state index in [1.807, 2.05) is 0 Å². The molecule has 9 heteroatoms. The van der Waals surface area contributed by atoms with Crippen LogP contribution < -0.4 is 14.5 Å². The molecule has 0 unspecified atom stereocenters. The zero-order chi connectivity index (χ0) is 26.9. The summed E-state index contributed by atoms with van der Waals surface area (Å²) < 4.78 is 6.25. The van der Waals surface area contributed by atoms with Crippen LogP contribution in [0.1, 0.15) is 41.6 Å². The highest BCUT2D eigenvalue weighted by Crippen LogP contribution is 2.39. The van der Waals surface area contributed by atoms with Crippen LogP contribution in [0, 0.1) is 6.57 Å². The summed E-state index contributed by atoms with van der Waals surface area (Å²) in [5, 5.41) is 0. The number of aryl methyl sites for hydroxylation is 1. The largest absolute Gasteiger partial charge is 0.462 e. The smallest absolute Gasteiger partial charge is 0.318 e. The normalized spacial score (nSPS) is 22.5. The number of likely N-dealkylation sites (tertiary alicyclic amines) is 1. The van der Waals surface area contributed by atoms with Crippen molar-refractivity contribution < 1.29 is 9.53 Å². The maximum absolute atomic E-state index is 12.5. The van der Waals surface area contributed by atoms with E-state index in [2.05, 4.69) is 51.4 Å². The van der Waals surface area contributed by atoms with Crippen molar-refractivity contribution in [1.82, 2.24) is 19.8 Å². The molecule has 9 nitrogen and oxygen atoms in total. The van der Waals surface area contributed by atoms with E-state index < -0.39 is 0 Å². The Morgan fingerprint density at radius 3 is 2.82 bits per heavy atom. The molecule has 204 valence electrons. The lowest BCUT2D eigenvalue weighted by atomic mass is 10.1. The van der Waals surface area contributed by atoms with E-state index in [4.69, 9.17) is 21.3 Å². The fraction of sp³-hybridized carbons (Fsp3) is 0.533. The van der Waals surface area contributed by atoms with Crippen LogP contribution in [-0.4, -0.2) is 84.1 Å². The molecule has 3 aliphatic heterocycles. The highest BCUT2D eigenvalue weighted by atomic mass is 16.5. The molecular formula is C30H37N7O2. The summed E-state index contributed by atoms with van der Waals surface area (Å²) in [7, 11) is 2.15. The maximum Gasteiger partial charge on any atom is 0.318 e. The number of carbonyl (C=O) groups is 1. The summed E-state index contributed by atoms with van der Waals surface area (Å²) in [5.74, 6) is 0.760. The number of nitrogens with zero attached hydrogens (tertiary/aromatic N) is 7. The van der Waals surface area contributed by atoms with E-state index in [9.17, 15) is 4.79 Å². The van der Waals surface area contributed by atoms with Gasteiger partial charge in [-0.1, -0.05) is 18.7 Å². The first-order valence-electron chi connectivity index (χ1n) is 14.2. The number of hydrogen-bond donors (Lipinski definition) is 0. The fourth-order valence-electron chi connectivity index (χ4n) is 6.68. The van der Waals surface area contributed by atoms with Crippen molar-refractivity contribution in [3.05, 3.63) is 64.7 Å². The molecule has 4 heterocycles. The Labute approximate surface area is 230 Å². The Balaban J connectivity index is 1.31. The van der Waals surface area contributed by atoms with Gasteiger partial charge in [-0.15, -0.1) is 0 Å². The number of ether oxygens (including phenoxy) is 1. The van der Waals surface area contributed by atoms with Crippen LogP contribution in [0.2, 0.25) is 0 Å². The number of likely N-dealkylation sites (N-methyl/N-ethyl adjacent to an activating group) is 1. The number of hydrogen-bond acceptors (Lipinski definition) is 7. The summed E-state index contributed by atoms with van der Waals surface area (Å²) in [6.07, 6.45) is 7.14. The number of fused-ring (bicyclic) bond motifs is 2. The summed E-state index contributed by atoms with van der Waals surface area (Å²) in [6.45, 7) is 16.2. The van der Waals surface area contributed by atoms with Gasteiger partial charge in [0.05, 0.1) is 12.2 Å². The van der Waals surface area contributed by atoms with Crippen molar-refractivity contribution in [2.75, 3.05) is 56.2 Å². The first-order valence-corrected chi connectivity index (χ1v) is 14.2. The van der Waals surface area contributed by atoms with Crippen LogP contribution >= 0.6 is 0 Å². The van der Waals surface area contributed by atoms with Crippen molar-refractivity contribution in [3.8, 4) is 6.01 Å². The van der Waals surface area contributed by atoms with Crippen LogP contribution in [0.25, 0.3) is 4.85 Å². The van der Waals surface area contributed by atoms with Crippen molar-refractivity contribution in [1.29, 1.82) is 0 Å². The van der Waals surface area contributed by atoms with Gasteiger partial charge in [-0.2, -0.15) is 9.97 Å². The molecular weight excluding hydrogens is 490 g/mol. The lowest BCUT2D eigenvalue weighted by molar-refractivity contribution is -0.128. The minimum Gasteiger partial charge on any atom is -0.462 e. The van der Waals surface area contributed by atoms with Crippen LogP contribution in [0.15, 0.2) is 30.9 Å². The Morgan fingerprint density at radius 1 is 1.13 bits per heavy atom. The molecule has 4 aliphatic rings. The van der Waals surface area contributed by atoms with Gasteiger partial charge in [-0.3, -0.25) is 4.79 Å². The number of aromatic nitrogens is 2. The number of rotatable bonds is 7. The topological polar surface area (TPSA) is 69.4 Å². The van der Waals surface area contributed by atoms with Crippen molar-refractivity contribution in [2.24, 2.45) is 0 Å². The molecule has 6 rings (SSSR count). The van der Waals surface area contributed by atoms with Gasteiger partial charge in [-0.25, -0.2) is 6.57 Å². The predicted molar refractivity (Wildman–Crippen MR) is 151 cm³/mol. The second kappa shape index (κ2) is 10.9. The molecule has 2 saturated heterocycles. The van der Waals surface area contributed by atoms with Gasteiger partial charge >= 0.3 is 6.01 Å². The highest BCUT2D eigenvalue weighted by Gasteiger charge is 2.36. The molecule has 0 saturated carbocycles. The van der Waals surface area contributed by atoms with Crippen molar-refractivity contribution in [2.45, 2.75) is 57.3 Å². The lowest BCUT2D eigenvalue weighted by Crippen LogP contribution is -2.56. The average molecular weight is 528 g/mol. The molecule has 0 spiro atoms. The molecule has 0 N–H and O–H groups in total. The van der Waals surface area contributed by atoms with Gasteiger partial charge in [0.15, 0.2) is 0 Å². The van der Waals surface area contributed by atoms with Crippen LogP contribution in [-0.2, 0) is 30.7 Å². The van der Waals surface area contributed by atoms with Crippen LogP contribution in [0.5, 0.6) is 6.01 Å². The zero-order valence-corrected chi connectivity index (χ0v) is 22.8. The summed E-state index contributed by atoms with van der Waals surface area (Å²) >= 11 is 0. The minimum absolute atomic E-state index is 0.120. The van der Waals surface area contributed by atoms with E-state index in [-0.39, 0.29) is 18.5 Å². The molecule has 1 aromatic carbocycles. The third-order valence-corrected chi connectivity index (χ3v) is 8.82. The van der Waals surface area contributed by atoms with Crippen LogP contribution in [0.3, 0.4) is 0 Å². The second-order valence-corrected chi connectivity index (χ2v) is 11.1. The first-order chi connectivity index (χ1) is 19.1. The Hall–Kier alpha value is -3.64. The Bertz CT molecular complexity index is 1300. The minimum atomic E-state index is -0.209. The maximum atomic E-state index is 12.5. The summed E-state index contributed by atoms with van der Waals surface area (Å²) in [5.41, 5.74) is 6.37. The fourth-order valence-corrected chi connectivity index (χ4v) is 6.68. The second-order valence-electron chi connectivity index (χ2n) is 11.1. The van der Waals surface area contributed by atoms with Gasteiger partial charge in [0.25, 0.3) is 0 Å². The summed E-state index contributed by atoms with van der Waals surface area (Å²) in [6, 6.07) is 7.27. The van der Waals surface area contributed by atoms with Crippen LogP contribution in [0.4, 0.5) is 11.5 Å². The molecule has 2 atom stereocenters. The van der Waals surface area contributed by atoms with Crippen molar-refractivity contribution >= 4 is 17.4 Å². The van der Waals surface area contributed by atoms with E-state index in [1.165, 1.54) is 35.7 Å². The Kier molecular flexibility index (Phi) is 7.13. The molecule has 39 heavy (non-hydrogen) atoms. The monoisotopic (exact) mass is 527 g/mol. The molecule has 1 amide bonds. The van der Waals surface area contributed by atoms with Crippen molar-refractivity contribution in [3.63, 3.8) is 0 Å². The van der Waals surface area contributed by atoms with E-state index >= 15 is 0 Å². The molecule has 0 radical (unpaired) electrons. The quantitative estimate of drug-likeness (QED) is 0.405. The highest BCUT2D eigenvalue weighted by molar-refractivity contribution is 5.87. The van der Waals surface area contributed by atoms with E-state index in [0.29, 0.717) is 38.3 Å². The number of piperazine rings is 1. The average Bonchev–Trinajstić information content (AvgIpc) is 3.70. The molecule has 2 fully saturated rings. The van der Waals surface area contributed by atoms with Gasteiger partial charge in [-0.05, 0) is 69.0 Å². The van der Waals surface area contributed by atoms with E-state index in [1.54, 1.807) is 4.90 Å². The third-order valence-electron chi connectivity index (χ3n) is 8.82. The molecule has 0 bridgehead atoms. The SMILES string of the molecule is [C-]#[N+]C[C@H]1CN(c2nc(OC[C@@H]3CCCN3C)nc3c2CN(c2cccc4c2CCC4)C3)CCN1C(=O)C=C. The van der Waals surface area contributed by atoms with Gasteiger partial charge in [0, 0.05) is 43.5 Å². The van der Waals surface area contributed by atoms with Gasteiger partial charge in [0.2, 0.25) is 12.5 Å². The van der Waals surface area contributed by atoms with Gasteiger partial charge < -0.3 is 29.2 Å². The number of carbonyl (C=O) groups excluding carboxylic acids is 1. The number of amides is 1. The lowest BCUT2D eigenvalue weighted by Gasteiger charge is -2.40. The molecule has 1 aromatic heterocycles. The Morgan fingerprint density at radius 2 is 2.03 bits per heavy atom. The first kappa shape index (κ1) is 25.6. The van der Waals surface area contributed by atoms with E-state index in [0.717, 1.165) is 56.0 Å². The van der Waals surface area contributed by atoms with Gasteiger partial charge in [0.1, 0.15) is 18.5 Å². The number of benzene rings is 1. The zero-order valence-electron chi connectivity index (χ0n) is 22.8. The summed E-state index contributed by atoms with van der Waals surface area (Å²) in [4.78, 5) is 34.8. The number of anilines is 2. The third kappa shape index (κ3) is 4.94. The standard InChI is InChI=1S/C30H37N7O2/c1-4-28(38)37-15-14-35(17-23(37)16-31-2)29-25-18-36(27-12-6-9-21-8-5-11-24(21)27)19-26(25)32-30(33-29)39-20-22-10-7-13-34(22)3/h4,6,9,12,22-23H,1,5,7-8,10-11,13-20H2,3H3/t22-,23-/m0/s1.